The summed E-state index contributed by atoms with van der Waals surface area (Å²) in [4.78, 5) is 14.6. The second kappa shape index (κ2) is 7.58. The molecular weight excluding hydrogens is 382 g/mol. The highest BCUT2D eigenvalue weighted by Gasteiger charge is 2.43. The highest BCUT2D eigenvalue weighted by Crippen LogP contribution is 2.37. The normalized spacial score (nSPS) is 21.7. The standard InChI is InChI=1S/C20H22BrNO3/c1-15(16-8-10-18(21)11-9-16)22-13-12-20(14-24-2,25-19(22)23)17-6-4-3-5-7-17/h3-11,15H,12-14H2,1-2H3/t15?,20-/m1/s1. The van der Waals surface area contributed by atoms with Crippen LogP contribution in [0.25, 0.3) is 0 Å². The molecule has 1 unspecified atom stereocenters. The SMILES string of the molecule is COC[C@@]1(c2ccccc2)CCN(C(C)c2ccc(Br)cc2)C(=O)O1. The van der Waals surface area contributed by atoms with Crippen LogP contribution in [0.3, 0.4) is 0 Å². The Morgan fingerprint density at radius 1 is 1.20 bits per heavy atom. The first-order valence-electron chi connectivity index (χ1n) is 8.35. The van der Waals surface area contributed by atoms with Gasteiger partial charge in [0.15, 0.2) is 5.60 Å². The number of nitrogens with zero attached hydrogens (tertiary/aromatic N) is 1. The summed E-state index contributed by atoms with van der Waals surface area (Å²) in [5.41, 5.74) is 1.34. The summed E-state index contributed by atoms with van der Waals surface area (Å²) in [6.45, 7) is 2.99. The van der Waals surface area contributed by atoms with Crippen LogP contribution in [-0.2, 0) is 15.1 Å². The molecule has 4 nitrogen and oxygen atoms in total. The van der Waals surface area contributed by atoms with Crippen molar-refractivity contribution in [1.29, 1.82) is 0 Å². The molecule has 2 aromatic rings. The van der Waals surface area contributed by atoms with Crippen molar-refractivity contribution < 1.29 is 14.3 Å². The zero-order chi connectivity index (χ0) is 17.9. The van der Waals surface area contributed by atoms with Gasteiger partial charge in [0, 0.05) is 24.5 Å². The summed E-state index contributed by atoms with van der Waals surface area (Å²) >= 11 is 3.44. The molecule has 1 fully saturated rings. The predicted molar refractivity (Wildman–Crippen MR) is 100 cm³/mol. The van der Waals surface area contributed by atoms with E-state index in [9.17, 15) is 4.79 Å². The van der Waals surface area contributed by atoms with Gasteiger partial charge in [-0.3, -0.25) is 0 Å². The monoisotopic (exact) mass is 403 g/mol. The fourth-order valence-electron chi connectivity index (χ4n) is 3.31. The third kappa shape index (κ3) is 3.72. The first kappa shape index (κ1) is 18.0. The molecule has 132 valence electrons. The molecule has 3 rings (SSSR count). The first-order chi connectivity index (χ1) is 12.1. The van der Waals surface area contributed by atoms with E-state index in [4.69, 9.17) is 9.47 Å². The molecule has 0 saturated carbocycles. The molecule has 0 spiro atoms. The lowest BCUT2D eigenvalue weighted by Gasteiger charge is -2.43. The molecule has 1 saturated heterocycles. The highest BCUT2D eigenvalue weighted by atomic mass is 79.9. The van der Waals surface area contributed by atoms with Gasteiger partial charge in [-0.15, -0.1) is 0 Å². The molecule has 25 heavy (non-hydrogen) atoms. The molecule has 0 N–H and O–H groups in total. The van der Waals surface area contributed by atoms with Gasteiger partial charge in [0.05, 0.1) is 12.6 Å². The van der Waals surface area contributed by atoms with Crippen molar-refractivity contribution in [3.8, 4) is 0 Å². The number of carbonyl (C=O) groups is 1. The Hall–Kier alpha value is -1.85. The fourth-order valence-corrected chi connectivity index (χ4v) is 3.57. The Labute approximate surface area is 156 Å². The van der Waals surface area contributed by atoms with Crippen LogP contribution in [0.1, 0.15) is 30.5 Å². The minimum Gasteiger partial charge on any atom is -0.435 e. The van der Waals surface area contributed by atoms with Gasteiger partial charge in [0.1, 0.15) is 0 Å². The quantitative estimate of drug-likeness (QED) is 0.712. The Kier molecular flexibility index (Phi) is 5.45. The van der Waals surface area contributed by atoms with E-state index in [-0.39, 0.29) is 12.1 Å². The van der Waals surface area contributed by atoms with Crippen LogP contribution in [0.5, 0.6) is 0 Å². The van der Waals surface area contributed by atoms with E-state index >= 15 is 0 Å². The molecule has 0 radical (unpaired) electrons. The number of hydrogen-bond acceptors (Lipinski definition) is 3. The van der Waals surface area contributed by atoms with Crippen LogP contribution in [0.2, 0.25) is 0 Å². The molecule has 1 aliphatic rings. The largest absolute Gasteiger partial charge is 0.435 e. The fraction of sp³-hybridized carbons (Fsp3) is 0.350. The molecule has 2 aromatic carbocycles. The van der Waals surface area contributed by atoms with Gasteiger partial charge >= 0.3 is 6.09 Å². The van der Waals surface area contributed by atoms with Crippen LogP contribution in [0, 0.1) is 0 Å². The second-order valence-corrected chi connectivity index (χ2v) is 7.25. The highest BCUT2D eigenvalue weighted by molar-refractivity contribution is 9.10. The van der Waals surface area contributed by atoms with Crippen molar-refractivity contribution in [3.63, 3.8) is 0 Å². The maximum Gasteiger partial charge on any atom is 0.411 e. The number of benzene rings is 2. The van der Waals surface area contributed by atoms with Crippen molar-refractivity contribution in [2.45, 2.75) is 25.0 Å². The number of cyclic esters (lactones) is 1. The van der Waals surface area contributed by atoms with Gasteiger partial charge in [0.25, 0.3) is 0 Å². The summed E-state index contributed by atoms with van der Waals surface area (Å²) in [5.74, 6) is 0. The van der Waals surface area contributed by atoms with Gasteiger partial charge in [-0.2, -0.15) is 0 Å². The maximum absolute atomic E-state index is 12.8. The van der Waals surface area contributed by atoms with Crippen molar-refractivity contribution >= 4 is 22.0 Å². The molecular formula is C20H22BrNO3. The Morgan fingerprint density at radius 3 is 2.48 bits per heavy atom. The van der Waals surface area contributed by atoms with Gasteiger partial charge in [-0.05, 0) is 30.2 Å². The summed E-state index contributed by atoms with van der Waals surface area (Å²) < 4.78 is 12.3. The van der Waals surface area contributed by atoms with Gasteiger partial charge in [-0.1, -0.05) is 58.4 Å². The van der Waals surface area contributed by atoms with Crippen molar-refractivity contribution in [3.05, 3.63) is 70.2 Å². The van der Waals surface area contributed by atoms with E-state index in [1.807, 2.05) is 61.5 Å². The van der Waals surface area contributed by atoms with Gasteiger partial charge < -0.3 is 14.4 Å². The van der Waals surface area contributed by atoms with E-state index in [0.29, 0.717) is 19.6 Å². The van der Waals surface area contributed by atoms with E-state index in [1.54, 1.807) is 12.0 Å². The smallest absolute Gasteiger partial charge is 0.411 e. The molecule has 1 heterocycles. The Balaban J connectivity index is 1.81. The number of ether oxygens (including phenoxy) is 2. The number of amides is 1. The van der Waals surface area contributed by atoms with E-state index in [1.165, 1.54) is 0 Å². The molecule has 1 aliphatic heterocycles. The van der Waals surface area contributed by atoms with Crippen LogP contribution in [0.4, 0.5) is 4.79 Å². The average Bonchev–Trinajstić information content (AvgIpc) is 2.63. The number of hydrogen-bond donors (Lipinski definition) is 0. The molecule has 5 heteroatoms. The zero-order valence-electron chi connectivity index (χ0n) is 14.4. The topological polar surface area (TPSA) is 38.8 Å². The number of halogens is 1. The lowest BCUT2D eigenvalue weighted by molar-refractivity contribution is -0.0964. The van der Waals surface area contributed by atoms with Gasteiger partial charge in [-0.25, -0.2) is 4.79 Å². The lowest BCUT2D eigenvalue weighted by Crippen LogP contribution is -2.50. The minimum absolute atomic E-state index is 0.0445. The average molecular weight is 404 g/mol. The molecule has 0 bridgehead atoms. The predicted octanol–water partition coefficient (Wildman–Crippen LogP) is 4.89. The Bertz CT molecular complexity index is 719. The van der Waals surface area contributed by atoms with Crippen LogP contribution < -0.4 is 0 Å². The molecule has 0 aliphatic carbocycles. The molecule has 0 aromatic heterocycles. The second-order valence-electron chi connectivity index (χ2n) is 6.33. The summed E-state index contributed by atoms with van der Waals surface area (Å²) in [6, 6.07) is 17.8. The van der Waals surface area contributed by atoms with Crippen molar-refractivity contribution in [2.24, 2.45) is 0 Å². The number of rotatable bonds is 5. The summed E-state index contributed by atoms with van der Waals surface area (Å²) in [5, 5.41) is 0. The van der Waals surface area contributed by atoms with E-state index in [0.717, 1.165) is 15.6 Å². The van der Waals surface area contributed by atoms with Crippen molar-refractivity contribution in [1.82, 2.24) is 4.90 Å². The number of methoxy groups -OCH3 is 1. The van der Waals surface area contributed by atoms with Crippen LogP contribution in [0.15, 0.2) is 59.1 Å². The zero-order valence-corrected chi connectivity index (χ0v) is 16.0. The summed E-state index contributed by atoms with van der Waals surface area (Å²) in [7, 11) is 1.63. The maximum atomic E-state index is 12.8. The molecule has 2 atom stereocenters. The Morgan fingerprint density at radius 2 is 1.88 bits per heavy atom. The third-order valence-electron chi connectivity index (χ3n) is 4.77. The summed E-state index contributed by atoms with van der Waals surface area (Å²) in [6.07, 6.45) is 0.389. The third-order valence-corrected chi connectivity index (χ3v) is 5.30. The minimum atomic E-state index is -0.719. The first-order valence-corrected chi connectivity index (χ1v) is 9.14. The van der Waals surface area contributed by atoms with E-state index in [2.05, 4.69) is 15.9 Å². The lowest BCUT2D eigenvalue weighted by atomic mass is 9.89. The number of carbonyl (C=O) groups excluding carboxylic acids is 1. The molecule has 1 amide bonds. The van der Waals surface area contributed by atoms with Crippen molar-refractivity contribution in [2.75, 3.05) is 20.3 Å². The van der Waals surface area contributed by atoms with Crippen LogP contribution >= 0.6 is 15.9 Å². The van der Waals surface area contributed by atoms with Gasteiger partial charge in [0.2, 0.25) is 0 Å². The van der Waals surface area contributed by atoms with E-state index < -0.39 is 5.60 Å². The van der Waals surface area contributed by atoms with Crippen LogP contribution in [-0.4, -0.2) is 31.3 Å².